The van der Waals surface area contributed by atoms with Gasteiger partial charge in [-0.2, -0.15) is 26.3 Å². The van der Waals surface area contributed by atoms with Crippen molar-refractivity contribution in [3.8, 4) is 11.4 Å². The maximum Gasteiger partial charge on any atom is 0.433 e. The first-order valence-electron chi connectivity index (χ1n) is 9.32. The van der Waals surface area contributed by atoms with Crippen LogP contribution in [0.25, 0.3) is 23.2 Å². The van der Waals surface area contributed by atoms with Crippen LogP contribution >= 0.6 is 0 Å². The molecular weight excluding hydrogens is 468 g/mol. The van der Waals surface area contributed by atoms with E-state index in [9.17, 15) is 35.9 Å². The van der Waals surface area contributed by atoms with Crippen molar-refractivity contribution in [1.82, 2.24) is 19.9 Å². The molecule has 0 saturated heterocycles. The van der Waals surface area contributed by atoms with Crippen LogP contribution in [-0.4, -0.2) is 26.5 Å². The number of benzene rings is 1. The molecule has 174 valence electrons. The van der Waals surface area contributed by atoms with Crippen LogP contribution in [0, 0.1) is 0 Å². The molecule has 0 aliphatic carbocycles. The number of pyridine rings is 1. The van der Waals surface area contributed by atoms with Gasteiger partial charge in [0, 0.05) is 29.2 Å². The third-order valence-corrected chi connectivity index (χ3v) is 4.75. The summed E-state index contributed by atoms with van der Waals surface area (Å²) in [6.45, 7) is 0. The van der Waals surface area contributed by atoms with Crippen LogP contribution in [0.4, 0.5) is 36.8 Å². The highest BCUT2D eigenvalue weighted by Crippen LogP contribution is 2.36. The Balaban J connectivity index is 1.84. The first kappa shape index (κ1) is 22.8. The van der Waals surface area contributed by atoms with Crippen molar-refractivity contribution < 1.29 is 35.9 Å². The topological polar surface area (TPSA) is 88.9 Å². The lowest BCUT2D eigenvalue weighted by Gasteiger charge is -2.18. The summed E-state index contributed by atoms with van der Waals surface area (Å²) in [4.78, 5) is 31.0. The molecule has 3 aromatic rings. The lowest BCUT2D eigenvalue weighted by Crippen LogP contribution is -2.26. The molecule has 0 radical (unpaired) electrons. The van der Waals surface area contributed by atoms with Crippen LogP contribution in [0.15, 0.2) is 48.9 Å². The van der Waals surface area contributed by atoms with E-state index in [2.05, 4.69) is 15.3 Å². The largest absolute Gasteiger partial charge is 0.433 e. The predicted molar refractivity (Wildman–Crippen MR) is 108 cm³/mol. The minimum Gasteiger partial charge on any atom is -0.352 e. The first-order valence-corrected chi connectivity index (χ1v) is 9.32. The van der Waals surface area contributed by atoms with Crippen molar-refractivity contribution in [2.75, 3.05) is 5.32 Å². The van der Waals surface area contributed by atoms with Crippen molar-refractivity contribution >= 4 is 29.4 Å². The van der Waals surface area contributed by atoms with Gasteiger partial charge in [0.1, 0.15) is 17.2 Å². The number of aromatic nitrogens is 3. The molecule has 1 aliphatic heterocycles. The Kier molecular flexibility index (Phi) is 5.49. The molecule has 34 heavy (non-hydrogen) atoms. The monoisotopic (exact) mass is 479 g/mol. The average Bonchev–Trinajstić information content (AvgIpc) is 3.23. The number of hydrogen-bond donors (Lipinski definition) is 2. The fourth-order valence-electron chi connectivity index (χ4n) is 3.32. The first-order chi connectivity index (χ1) is 16.0. The maximum absolute atomic E-state index is 13.7. The molecule has 0 unspecified atom stereocenters. The summed E-state index contributed by atoms with van der Waals surface area (Å²) in [6.07, 6.45) is -5.82. The zero-order chi connectivity index (χ0) is 24.7. The summed E-state index contributed by atoms with van der Waals surface area (Å²) < 4.78 is 80.0. The number of carbonyl (C=O) groups excluding carboxylic acids is 2. The van der Waals surface area contributed by atoms with Gasteiger partial charge in [0.15, 0.2) is 11.6 Å². The molecule has 4 rings (SSSR count). The second-order valence-corrected chi connectivity index (χ2v) is 6.88. The van der Waals surface area contributed by atoms with Crippen molar-refractivity contribution in [3.63, 3.8) is 0 Å². The average molecular weight is 479 g/mol. The molecule has 1 amide bonds. The molecule has 0 spiro atoms. The predicted octanol–water partition coefficient (Wildman–Crippen LogP) is 4.81. The van der Waals surface area contributed by atoms with Gasteiger partial charge in [-0.15, -0.1) is 0 Å². The van der Waals surface area contributed by atoms with Gasteiger partial charge in [0.05, 0.1) is 6.20 Å². The van der Waals surface area contributed by atoms with E-state index in [1.54, 1.807) is 5.94 Å². The van der Waals surface area contributed by atoms with Crippen molar-refractivity contribution in [2.24, 2.45) is 0 Å². The molecule has 1 aliphatic rings. The summed E-state index contributed by atoms with van der Waals surface area (Å²) >= 11 is 0. The standard InChI is InChI=1S/C21H11F6N5O2/c22-20(23,24)16-8-11(4-6-29-16)31-19(34)32-17(21(25,26)27)9-30-18(32)14-3-1-2-13-12(14)5-7-28-15(13)10-33/h1-9,28H,(H,29,31,34). The second-order valence-electron chi connectivity index (χ2n) is 6.88. The lowest BCUT2D eigenvalue weighted by atomic mass is 9.96. The molecule has 0 saturated carbocycles. The van der Waals surface area contributed by atoms with Gasteiger partial charge in [-0.25, -0.2) is 19.1 Å². The maximum atomic E-state index is 13.7. The van der Waals surface area contributed by atoms with Crippen molar-refractivity contribution in [3.05, 3.63) is 71.4 Å². The third kappa shape index (κ3) is 4.16. The number of nitrogens with zero attached hydrogens (tertiary/aromatic N) is 3. The molecular formula is C21H11F6N5O2. The fourth-order valence-corrected chi connectivity index (χ4v) is 3.32. The van der Waals surface area contributed by atoms with E-state index >= 15 is 0 Å². The molecule has 2 N–H and O–H groups in total. The Morgan fingerprint density at radius 1 is 1.03 bits per heavy atom. The molecule has 3 heterocycles. The molecule has 13 heteroatoms. The van der Waals surface area contributed by atoms with E-state index in [1.165, 1.54) is 30.5 Å². The minimum absolute atomic E-state index is 0.0226. The van der Waals surface area contributed by atoms with Gasteiger partial charge in [-0.1, -0.05) is 18.2 Å². The van der Waals surface area contributed by atoms with Gasteiger partial charge in [0.25, 0.3) is 0 Å². The Bertz CT molecular complexity index is 1370. The zero-order valence-corrected chi connectivity index (χ0v) is 16.6. The minimum atomic E-state index is -5.02. The lowest BCUT2D eigenvalue weighted by molar-refractivity contribution is -0.142. The van der Waals surface area contributed by atoms with Gasteiger partial charge in [-0.05, 0) is 23.8 Å². The summed E-state index contributed by atoms with van der Waals surface area (Å²) in [5.41, 5.74) is -2.53. The molecule has 7 nitrogen and oxygen atoms in total. The highest BCUT2D eigenvalue weighted by atomic mass is 19.4. The fraction of sp³-hybridized carbons (Fsp3) is 0.0952. The van der Waals surface area contributed by atoms with Crippen LogP contribution in [0.2, 0.25) is 0 Å². The Morgan fingerprint density at radius 3 is 2.44 bits per heavy atom. The number of halogens is 6. The SMILES string of the molecule is O=C=C1NC=Cc2c1cccc2-c1ncc(C(F)(F)F)n1C(=O)Nc1ccnc(C(F)(F)F)c1. The van der Waals surface area contributed by atoms with Crippen LogP contribution in [-0.2, 0) is 17.1 Å². The number of imidazole rings is 1. The Labute approximate surface area is 186 Å². The number of fused-ring (bicyclic) bond motifs is 1. The molecule has 1 aromatic carbocycles. The highest BCUT2D eigenvalue weighted by molar-refractivity contribution is 5.97. The number of hydrogen-bond acceptors (Lipinski definition) is 5. The normalized spacial score (nSPS) is 13.2. The number of alkyl halides is 6. The molecule has 0 atom stereocenters. The summed E-state index contributed by atoms with van der Waals surface area (Å²) in [7, 11) is 0. The van der Waals surface area contributed by atoms with Crippen molar-refractivity contribution in [2.45, 2.75) is 12.4 Å². The van der Waals surface area contributed by atoms with Gasteiger partial charge >= 0.3 is 18.4 Å². The van der Waals surface area contributed by atoms with Crippen LogP contribution in [0.5, 0.6) is 0 Å². The van der Waals surface area contributed by atoms with E-state index in [0.29, 0.717) is 17.8 Å². The van der Waals surface area contributed by atoms with E-state index in [4.69, 9.17) is 0 Å². The van der Waals surface area contributed by atoms with E-state index in [-0.39, 0.29) is 21.4 Å². The Hall–Kier alpha value is -4.38. The van der Waals surface area contributed by atoms with Gasteiger partial charge < -0.3 is 10.6 Å². The highest BCUT2D eigenvalue weighted by Gasteiger charge is 2.39. The van der Waals surface area contributed by atoms with Gasteiger partial charge in [-0.3, -0.25) is 4.98 Å². The van der Waals surface area contributed by atoms with E-state index in [0.717, 1.165) is 12.3 Å². The number of carbonyl (C=O) groups is 1. The summed E-state index contributed by atoms with van der Waals surface area (Å²) in [5, 5.41) is 4.67. The number of nitrogens with one attached hydrogen (secondary N) is 2. The zero-order valence-electron chi connectivity index (χ0n) is 16.6. The smallest absolute Gasteiger partial charge is 0.352 e. The van der Waals surface area contributed by atoms with E-state index < -0.39 is 41.3 Å². The molecule has 2 aromatic heterocycles. The quantitative estimate of drug-likeness (QED) is 0.407. The van der Waals surface area contributed by atoms with Gasteiger partial charge in [0.2, 0.25) is 0 Å². The number of rotatable bonds is 2. The Morgan fingerprint density at radius 2 is 1.76 bits per heavy atom. The van der Waals surface area contributed by atoms with E-state index in [1.807, 2.05) is 5.32 Å². The number of anilines is 1. The third-order valence-electron chi connectivity index (χ3n) is 4.75. The second kappa shape index (κ2) is 8.19. The number of amides is 1. The summed E-state index contributed by atoms with van der Waals surface area (Å²) in [6, 6.07) is 4.43. The molecule has 0 bridgehead atoms. The summed E-state index contributed by atoms with van der Waals surface area (Å²) in [5.74, 6) is 1.23. The van der Waals surface area contributed by atoms with Crippen molar-refractivity contribution in [1.29, 1.82) is 0 Å². The van der Waals surface area contributed by atoms with Crippen LogP contribution in [0.1, 0.15) is 22.5 Å². The molecule has 0 fully saturated rings. The van der Waals surface area contributed by atoms with Crippen LogP contribution < -0.4 is 10.6 Å². The van der Waals surface area contributed by atoms with Crippen LogP contribution in [0.3, 0.4) is 0 Å².